The summed E-state index contributed by atoms with van der Waals surface area (Å²) in [5.41, 5.74) is 1.23. The number of hydrogen-bond donors (Lipinski definition) is 1. The lowest BCUT2D eigenvalue weighted by atomic mass is 10.2. The van der Waals surface area contributed by atoms with Gasteiger partial charge in [-0.2, -0.15) is 0 Å². The summed E-state index contributed by atoms with van der Waals surface area (Å²) < 4.78 is 36.9. The molecule has 0 saturated heterocycles. The molecule has 1 heterocycles. The van der Waals surface area contributed by atoms with Crippen molar-refractivity contribution in [3.05, 3.63) is 64.9 Å². The SMILES string of the molecule is COc1ccc(N(CC(=O)Nc2ccc(OC)c(S(=O)(=O)N(C)C)c2)Cc2cccs2)cc1. The van der Waals surface area contributed by atoms with Gasteiger partial charge in [-0.25, -0.2) is 12.7 Å². The lowest BCUT2D eigenvalue weighted by Gasteiger charge is -2.24. The van der Waals surface area contributed by atoms with Crippen LogP contribution in [0.2, 0.25) is 0 Å². The summed E-state index contributed by atoms with van der Waals surface area (Å²) in [7, 11) is 2.14. The van der Waals surface area contributed by atoms with Crippen molar-refractivity contribution in [2.45, 2.75) is 11.4 Å². The standard InChI is InChI=1S/C23H27N3O5S2/c1-25(2)33(28,29)22-14-17(7-12-21(22)31-4)24-23(27)16-26(15-20-6-5-13-32-20)18-8-10-19(30-3)11-9-18/h5-14H,15-16H2,1-4H3,(H,24,27). The first-order chi connectivity index (χ1) is 15.7. The highest BCUT2D eigenvalue weighted by Gasteiger charge is 2.23. The Morgan fingerprint density at radius 3 is 2.33 bits per heavy atom. The number of nitrogens with one attached hydrogen (secondary N) is 1. The van der Waals surface area contributed by atoms with Gasteiger partial charge in [0.2, 0.25) is 15.9 Å². The smallest absolute Gasteiger partial charge is 0.246 e. The molecule has 1 aromatic heterocycles. The molecule has 0 aliphatic heterocycles. The molecule has 8 nitrogen and oxygen atoms in total. The molecule has 0 aliphatic carbocycles. The van der Waals surface area contributed by atoms with E-state index in [9.17, 15) is 13.2 Å². The van der Waals surface area contributed by atoms with Crippen LogP contribution in [0.5, 0.6) is 11.5 Å². The highest BCUT2D eigenvalue weighted by atomic mass is 32.2. The van der Waals surface area contributed by atoms with E-state index in [4.69, 9.17) is 9.47 Å². The number of rotatable bonds is 10. The van der Waals surface area contributed by atoms with E-state index in [2.05, 4.69) is 5.32 Å². The Labute approximate surface area is 198 Å². The van der Waals surface area contributed by atoms with Gasteiger partial charge in [-0.15, -0.1) is 11.3 Å². The molecule has 0 aliphatic rings. The Morgan fingerprint density at radius 1 is 1.03 bits per heavy atom. The third-order valence-corrected chi connectivity index (χ3v) is 7.60. The Balaban J connectivity index is 1.82. The van der Waals surface area contributed by atoms with Gasteiger partial charge in [-0.3, -0.25) is 4.79 Å². The molecule has 10 heteroatoms. The van der Waals surface area contributed by atoms with Crippen LogP contribution in [-0.2, 0) is 21.4 Å². The van der Waals surface area contributed by atoms with Crippen LogP contribution in [0.1, 0.15) is 4.88 Å². The van der Waals surface area contributed by atoms with Crippen molar-refractivity contribution in [3.8, 4) is 11.5 Å². The molecule has 0 fully saturated rings. The van der Waals surface area contributed by atoms with Crippen molar-refractivity contribution >= 4 is 38.6 Å². The number of methoxy groups -OCH3 is 2. The Morgan fingerprint density at radius 2 is 1.76 bits per heavy atom. The first-order valence-corrected chi connectivity index (χ1v) is 12.4. The highest BCUT2D eigenvalue weighted by Crippen LogP contribution is 2.29. The van der Waals surface area contributed by atoms with Gasteiger partial charge in [-0.1, -0.05) is 6.07 Å². The van der Waals surface area contributed by atoms with Crippen molar-refractivity contribution in [1.29, 1.82) is 0 Å². The molecule has 3 rings (SSSR count). The van der Waals surface area contributed by atoms with Gasteiger partial charge in [0, 0.05) is 30.3 Å². The maximum absolute atomic E-state index is 12.9. The predicted octanol–water partition coefficient (Wildman–Crippen LogP) is 3.66. The van der Waals surface area contributed by atoms with E-state index in [-0.39, 0.29) is 23.1 Å². The quantitative estimate of drug-likeness (QED) is 0.468. The minimum absolute atomic E-state index is 0.0154. The number of hydrogen-bond acceptors (Lipinski definition) is 7. The number of ether oxygens (including phenoxy) is 2. The summed E-state index contributed by atoms with van der Waals surface area (Å²) in [4.78, 5) is 16.0. The van der Waals surface area contributed by atoms with Crippen molar-refractivity contribution in [2.24, 2.45) is 0 Å². The number of carbonyl (C=O) groups excluding carboxylic acids is 1. The normalized spacial score (nSPS) is 11.3. The monoisotopic (exact) mass is 489 g/mol. The average molecular weight is 490 g/mol. The van der Waals surface area contributed by atoms with Gasteiger partial charge in [0.25, 0.3) is 0 Å². The molecular weight excluding hydrogens is 462 g/mol. The minimum atomic E-state index is -3.75. The van der Waals surface area contributed by atoms with E-state index in [0.717, 1.165) is 20.6 Å². The van der Waals surface area contributed by atoms with Crippen LogP contribution in [0.3, 0.4) is 0 Å². The summed E-state index contributed by atoms with van der Waals surface area (Å²) in [6.45, 7) is 0.631. The molecule has 3 aromatic rings. The average Bonchev–Trinajstić information content (AvgIpc) is 3.31. The van der Waals surface area contributed by atoms with Gasteiger partial charge >= 0.3 is 0 Å². The fourth-order valence-corrected chi connectivity index (χ4v) is 4.94. The van der Waals surface area contributed by atoms with Gasteiger partial charge in [0.15, 0.2) is 0 Å². The van der Waals surface area contributed by atoms with Gasteiger partial charge in [0.1, 0.15) is 16.4 Å². The van der Waals surface area contributed by atoms with Crippen molar-refractivity contribution in [3.63, 3.8) is 0 Å². The van der Waals surface area contributed by atoms with Crippen LogP contribution >= 0.6 is 11.3 Å². The maximum atomic E-state index is 12.9. The number of carbonyl (C=O) groups is 1. The fraction of sp³-hybridized carbons (Fsp3) is 0.261. The second-order valence-electron chi connectivity index (χ2n) is 7.33. The molecule has 0 radical (unpaired) electrons. The molecule has 0 unspecified atom stereocenters. The van der Waals surface area contributed by atoms with Crippen molar-refractivity contribution in [2.75, 3.05) is 45.1 Å². The second kappa shape index (κ2) is 10.7. The Bertz CT molecular complexity index is 1180. The largest absolute Gasteiger partial charge is 0.497 e. The summed E-state index contributed by atoms with van der Waals surface area (Å²) in [5.74, 6) is 0.659. The maximum Gasteiger partial charge on any atom is 0.246 e. The van der Waals surface area contributed by atoms with Gasteiger partial charge in [-0.05, 0) is 53.9 Å². The first kappa shape index (κ1) is 24.6. The number of thiophene rings is 1. The molecule has 33 heavy (non-hydrogen) atoms. The van der Waals surface area contributed by atoms with E-state index in [0.29, 0.717) is 12.2 Å². The third kappa shape index (κ3) is 6.04. The Hall–Kier alpha value is -3.08. The predicted molar refractivity (Wildman–Crippen MR) is 131 cm³/mol. The molecular formula is C23H27N3O5S2. The lowest BCUT2D eigenvalue weighted by molar-refractivity contribution is -0.115. The van der Waals surface area contributed by atoms with Gasteiger partial charge < -0.3 is 19.7 Å². The topological polar surface area (TPSA) is 88.2 Å². The zero-order valence-corrected chi connectivity index (χ0v) is 20.6. The Kier molecular flexibility index (Phi) is 7.96. The van der Waals surface area contributed by atoms with E-state index in [1.807, 2.05) is 46.7 Å². The van der Waals surface area contributed by atoms with E-state index < -0.39 is 10.0 Å². The van der Waals surface area contributed by atoms with Crippen molar-refractivity contribution in [1.82, 2.24) is 4.31 Å². The third-order valence-electron chi connectivity index (χ3n) is 4.90. The van der Waals surface area contributed by atoms with Crippen LogP contribution < -0.4 is 19.7 Å². The molecule has 1 N–H and O–H groups in total. The number of sulfonamides is 1. The van der Waals surface area contributed by atoms with Crippen LogP contribution in [-0.4, -0.2) is 53.5 Å². The van der Waals surface area contributed by atoms with Gasteiger partial charge in [0.05, 0.1) is 27.3 Å². The zero-order chi connectivity index (χ0) is 24.0. The summed E-state index contributed by atoms with van der Waals surface area (Å²) in [6, 6.07) is 16.0. The molecule has 2 aromatic carbocycles. The summed E-state index contributed by atoms with van der Waals surface area (Å²) in [5, 5.41) is 4.80. The highest BCUT2D eigenvalue weighted by molar-refractivity contribution is 7.89. The number of anilines is 2. The number of nitrogens with zero attached hydrogens (tertiary/aromatic N) is 2. The van der Waals surface area contributed by atoms with E-state index in [1.54, 1.807) is 24.5 Å². The second-order valence-corrected chi connectivity index (χ2v) is 10.5. The lowest BCUT2D eigenvalue weighted by Crippen LogP contribution is -2.32. The first-order valence-electron chi connectivity index (χ1n) is 10.1. The molecule has 0 spiro atoms. The minimum Gasteiger partial charge on any atom is -0.497 e. The molecule has 0 atom stereocenters. The molecule has 176 valence electrons. The zero-order valence-electron chi connectivity index (χ0n) is 18.9. The molecule has 0 saturated carbocycles. The molecule has 0 bridgehead atoms. The summed E-state index contributed by atoms with van der Waals surface area (Å²) >= 11 is 1.61. The molecule has 1 amide bonds. The number of benzene rings is 2. The van der Waals surface area contributed by atoms with E-state index in [1.165, 1.54) is 33.3 Å². The van der Waals surface area contributed by atoms with E-state index >= 15 is 0 Å². The van der Waals surface area contributed by atoms with Crippen LogP contribution in [0, 0.1) is 0 Å². The van der Waals surface area contributed by atoms with Crippen LogP contribution in [0.4, 0.5) is 11.4 Å². The van der Waals surface area contributed by atoms with Crippen molar-refractivity contribution < 1.29 is 22.7 Å². The van der Waals surface area contributed by atoms with Crippen LogP contribution in [0.15, 0.2) is 64.9 Å². The number of amides is 1. The summed E-state index contributed by atoms with van der Waals surface area (Å²) in [6.07, 6.45) is 0. The fourth-order valence-electron chi connectivity index (χ4n) is 3.15. The van der Waals surface area contributed by atoms with Crippen LogP contribution in [0.25, 0.3) is 0 Å².